The van der Waals surface area contributed by atoms with Crippen molar-refractivity contribution in [2.24, 2.45) is 0 Å². The lowest BCUT2D eigenvalue weighted by Crippen LogP contribution is -2.29. The van der Waals surface area contributed by atoms with Gasteiger partial charge in [0.1, 0.15) is 0 Å². The van der Waals surface area contributed by atoms with E-state index in [4.69, 9.17) is 0 Å². The quantitative estimate of drug-likeness (QED) is 0.247. The van der Waals surface area contributed by atoms with E-state index in [9.17, 15) is 9.59 Å². The molecule has 0 spiro atoms. The molecular weight excluding hydrogens is 298 g/mol. The van der Waals surface area contributed by atoms with Crippen molar-refractivity contribution in [1.82, 2.24) is 5.32 Å². The van der Waals surface area contributed by atoms with Crippen molar-refractivity contribution in [1.29, 1.82) is 0 Å². The van der Waals surface area contributed by atoms with Gasteiger partial charge in [-0.2, -0.15) is 0 Å². The lowest BCUT2D eigenvalue weighted by atomic mass is 10.0. The molecule has 0 unspecified atom stereocenters. The molecular formula is C21H41NO2. The Bertz CT molecular complexity index is 302. The van der Waals surface area contributed by atoms with Crippen LogP contribution in [0, 0.1) is 0 Å². The molecule has 0 rings (SSSR count). The molecule has 142 valence electrons. The van der Waals surface area contributed by atoms with Crippen LogP contribution in [0.2, 0.25) is 0 Å². The molecule has 0 aromatic rings. The second kappa shape index (κ2) is 18.5. The molecule has 3 nitrogen and oxygen atoms in total. The molecule has 1 N–H and O–H groups in total. The highest BCUT2D eigenvalue weighted by atomic mass is 16.2. The van der Waals surface area contributed by atoms with Gasteiger partial charge in [-0.3, -0.25) is 9.59 Å². The van der Waals surface area contributed by atoms with Crippen molar-refractivity contribution in [2.45, 2.75) is 117 Å². The number of hydrogen-bond donors (Lipinski definition) is 1. The van der Waals surface area contributed by atoms with Gasteiger partial charge in [0.2, 0.25) is 5.78 Å². The highest BCUT2D eigenvalue weighted by Gasteiger charge is 2.04. The molecule has 0 aliphatic carbocycles. The molecule has 1 amide bonds. The molecule has 0 aliphatic rings. The summed E-state index contributed by atoms with van der Waals surface area (Å²) in [6, 6.07) is 0. The SMILES string of the molecule is CCCCCCCCCCCCCCCCCCNC(=O)C(C)=O. The fourth-order valence-electron chi connectivity index (χ4n) is 3.00. The minimum Gasteiger partial charge on any atom is -0.350 e. The molecule has 0 atom stereocenters. The van der Waals surface area contributed by atoms with Crippen LogP contribution >= 0.6 is 0 Å². The first-order valence-corrected chi connectivity index (χ1v) is 10.5. The van der Waals surface area contributed by atoms with Gasteiger partial charge < -0.3 is 5.32 Å². The van der Waals surface area contributed by atoms with Crippen molar-refractivity contribution >= 4 is 11.7 Å². The van der Waals surface area contributed by atoms with Crippen molar-refractivity contribution < 1.29 is 9.59 Å². The minimum atomic E-state index is -0.448. The smallest absolute Gasteiger partial charge is 0.287 e. The summed E-state index contributed by atoms with van der Waals surface area (Å²) >= 11 is 0. The van der Waals surface area contributed by atoms with E-state index in [1.54, 1.807) is 0 Å². The van der Waals surface area contributed by atoms with Gasteiger partial charge in [-0.15, -0.1) is 0 Å². The molecule has 0 bridgehead atoms. The maximum absolute atomic E-state index is 11.0. The van der Waals surface area contributed by atoms with Gasteiger partial charge in [-0.1, -0.05) is 103 Å². The Labute approximate surface area is 150 Å². The number of nitrogens with one attached hydrogen (secondary N) is 1. The largest absolute Gasteiger partial charge is 0.350 e. The lowest BCUT2D eigenvalue weighted by molar-refractivity contribution is -0.136. The van der Waals surface area contributed by atoms with Crippen molar-refractivity contribution in [3.8, 4) is 0 Å². The molecule has 0 aromatic heterocycles. The molecule has 0 aromatic carbocycles. The highest BCUT2D eigenvalue weighted by molar-refractivity contribution is 6.35. The van der Waals surface area contributed by atoms with Gasteiger partial charge in [0.05, 0.1) is 0 Å². The summed E-state index contributed by atoms with van der Waals surface area (Å²) in [5.41, 5.74) is 0. The average Bonchev–Trinajstić information content (AvgIpc) is 2.57. The van der Waals surface area contributed by atoms with Crippen molar-refractivity contribution in [3.63, 3.8) is 0 Å². The van der Waals surface area contributed by atoms with Gasteiger partial charge in [-0.25, -0.2) is 0 Å². The Hall–Kier alpha value is -0.860. The van der Waals surface area contributed by atoms with Gasteiger partial charge in [0.15, 0.2) is 0 Å². The van der Waals surface area contributed by atoms with E-state index in [0.29, 0.717) is 6.54 Å². The molecule has 0 saturated carbocycles. The standard InChI is InChI=1S/C21H41NO2/c1-3-4-5-6-7-8-9-10-11-12-13-14-15-16-17-18-19-22-21(24)20(2)23/h3-19H2,1-2H3,(H,22,24). The van der Waals surface area contributed by atoms with Crippen molar-refractivity contribution in [3.05, 3.63) is 0 Å². The predicted octanol–water partition coefficient (Wildman–Crippen LogP) is 5.95. The summed E-state index contributed by atoms with van der Waals surface area (Å²) in [7, 11) is 0. The Kier molecular flexibility index (Phi) is 17.8. The minimum absolute atomic E-state index is 0.397. The Morgan fingerprint density at radius 2 is 0.917 bits per heavy atom. The van der Waals surface area contributed by atoms with Crippen LogP contribution in [0.15, 0.2) is 0 Å². The number of hydrogen-bond acceptors (Lipinski definition) is 2. The average molecular weight is 340 g/mol. The number of carbonyl (C=O) groups excluding carboxylic acids is 2. The number of carbonyl (C=O) groups is 2. The summed E-state index contributed by atoms with van der Waals surface area (Å²) in [5, 5.41) is 2.64. The topological polar surface area (TPSA) is 46.2 Å². The van der Waals surface area contributed by atoms with Crippen LogP contribution in [0.4, 0.5) is 0 Å². The third-order valence-corrected chi connectivity index (χ3v) is 4.64. The van der Waals surface area contributed by atoms with Crippen LogP contribution in [-0.2, 0) is 9.59 Å². The summed E-state index contributed by atoms with van der Waals surface area (Å²) in [4.78, 5) is 21.8. The summed E-state index contributed by atoms with van der Waals surface area (Å²) < 4.78 is 0. The molecule has 0 fully saturated rings. The van der Waals surface area contributed by atoms with Gasteiger partial charge in [-0.05, 0) is 6.42 Å². The van der Waals surface area contributed by atoms with Crippen LogP contribution < -0.4 is 5.32 Å². The molecule has 24 heavy (non-hydrogen) atoms. The summed E-state index contributed by atoms with van der Waals surface area (Å²) in [5.74, 6) is -0.845. The number of amides is 1. The first-order valence-electron chi connectivity index (χ1n) is 10.5. The zero-order chi connectivity index (χ0) is 17.9. The predicted molar refractivity (Wildman–Crippen MR) is 103 cm³/mol. The molecule has 0 saturated heterocycles. The van der Waals surface area contributed by atoms with Crippen LogP contribution in [0.3, 0.4) is 0 Å². The third-order valence-electron chi connectivity index (χ3n) is 4.64. The summed E-state index contributed by atoms with van der Waals surface area (Å²) in [6.07, 6.45) is 21.5. The normalized spacial score (nSPS) is 10.8. The first kappa shape index (κ1) is 23.1. The van der Waals surface area contributed by atoms with E-state index in [-0.39, 0.29) is 0 Å². The number of rotatable bonds is 18. The number of ketones is 1. The van der Waals surface area contributed by atoms with E-state index in [0.717, 1.165) is 12.8 Å². The second-order valence-electron chi connectivity index (χ2n) is 7.12. The van der Waals surface area contributed by atoms with Crippen LogP contribution in [-0.4, -0.2) is 18.2 Å². The van der Waals surface area contributed by atoms with E-state index in [2.05, 4.69) is 12.2 Å². The fourth-order valence-corrected chi connectivity index (χ4v) is 3.00. The van der Waals surface area contributed by atoms with Crippen LogP contribution in [0.1, 0.15) is 117 Å². The third kappa shape index (κ3) is 17.5. The van der Waals surface area contributed by atoms with Crippen LogP contribution in [0.5, 0.6) is 0 Å². The monoisotopic (exact) mass is 339 g/mol. The number of Topliss-reactive ketones (excluding diaryl/α,β-unsaturated/α-hetero) is 1. The van der Waals surface area contributed by atoms with Crippen LogP contribution in [0.25, 0.3) is 0 Å². The zero-order valence-corrected chi connectivity index (χ0v) is 16.3. The Morgan fingerprint density at radius 3 is 1.25 bits per heavy atom. The van der Waals surface area contributed by atoms with E-state index >= 15 is 0 Å². The lowest BCUT2D eigenvalue weighted by Gasteiger charge is -2.04. The van der Waals surface area contributed by atoms with Gasteiger partial charge in [0, 0.05) is 13.5 Å². The molecule has 0 heterocycles. The maximum atomic E-state index is 11.0. The first-order chi connectivity index (χ1) is 11.7. The highest BCUT2D eigenvalue weighted by Crippen LogP contribution is 2.13. The summed E-state index contributed by atoms with van der Waals surface area (Å²) in [6.45, 7) is 4.22. The van der Waals surface area contributed by atoms with Gasteiger partial charge >= 0.3 is 0 Å². The zero-order valence-electron chi connectivity index (χ0n) is 16.3. The second-order valence-corrected chi connectivity index (χ2v) is 7.12. The van der Waals surface area contributed by atoms with E-state index in [1.165, 1.54) is 96.8 Å². The Balaban J connectivity index is 3.05. The van der Waals surface area contributed by atoms with Gasteiger partial charge in [0.25, 0.3) is 5.91 Å². The molecule has 3 heteroatoms. The van der Waals surface area contributed by atoms with E-state index < -0.39 is 11.7 Å². The van der Waals surface area contributed by atoms with E-state index in [1.807, 2.05) is 0 Å². The molecule has 0 aliphatic heterocycles. The maximum Gasteiger partial charge on any atom is 0.287 e. The Morgan fingerprint density at radius 1 is 0.583 bits per heavy atom. The fraction of sp³-hybridized carbons (Fsp3) is 0.905. The van der Waals surface area contributed by atoms with Crippen molar-refractivity contribution in [2.75, 3.05) is 6.54 Å². The number of unbranched alkanes of at least 4 members (excludes halogenated alkanes) is 15. The molecule has 0 radical (unpaired) electrons.